The molecule has 0 atom stereocenters. The Kier molecular flexibility index (Phi) is 4.72. The molecule has 1 saturated heterocycles. The van der Waals surface area contributed by atoms with E-state index in [0.29, 0.717) is 31.6 Å². The fraction of sp³-hybridized carbons (Fsp3) is 0.500. The van der Waals surface area contributed by atoms with Crippen LogP contribution in [0.5, 0.6) is 5.75 Å². The highest BCUT2D eigenvalue weighted by atomic mass is 19.2. The number of likely N-dealkylation sites (tertiary alicyclic amines) is 1. The van der Waals surface area contributed by atoms with Gasteiger partial charge in [0.2, 0.25) is 5.82 Å². The molecule has 1 aliphatic heterocycles. The van der Waals surface area contributed by atoms with Crippen molar-refractivity contribution in [1.29, 1.82) is 0 Å². The Bertz CT molecular complexity index is 544. The summed E-state index contributed by atoms with van der Waals surface area (Å²) in [6.07, 6.45) is 2.34. The Balaban J connectivity index is 2.15. The topological polar surface area (TPSA) is 66.6 Å². The third-order valence-corrected chi connectivity index (χ3v) is 3.84. The number of amides is 1. The van der Waals surface area contributed by atoms with Crippen LogP contribution in [0.2, 0.25) is 0 Å². The number of nitrogens with zero attached hydrogens (tertiary/aromatic N) is 1. The maximum Gasteiger partial charge on any atom is 0.257 e. The first-order chi connectivity index (χ1) is 9.95. The average Bonchev–Trinajstić information content (AvgIpc) is 2.49. The lowest BCUT2D eigenvalue weighted by atomic mass is 9.93. The molecule has 0 spiro atoms. The van der Waals surface area contributed by atoms with E-state index in [4.69, 9.17) is 10.8 Å². The van der Waals surface area contributed by atoms with E-state index in [0.717, 1.165) is 19.3 Å². The minimum Gasteiger partial charge on any atom is -0.503 e. The van der Waals surface area contributed by atoms with Crippen molar-refractivity contribution in [3.8, 4) is 5.75 Å². The number of benzene rings is 1. The lowest BCUT2D eigenvalue weighted by Gasteiger charge is -2.32. The number of rotatable bonds is 3. The molecule has 1 fully saturated rings. The first kappa shape index (κ1) is 15.6. The van der Waals surface area contributed by atoms with E-state index in [1.54, 1.807) is 0 Å². The van der Waals surface area contributed by atoms with Gasteiger partial charge in [-0.25, -0.2) is 8.78 Å². The summed E-state index contributed by atoms with van der Waals surface area (Å²) in [5.41, 5.74) is 4.83. The Morgan fingerprint density at radius 2 is 1.90 bits per heavy atom. The van der Waals surface area contributed by atoms with Crippen molar-refractivity contribution < 1.29 is 23.1 Å². The average molecular weight is 302 g/mol. The molecule has 0 aromatic heterocycles. The molecule has 1 amide bonds. The summed E-state index contributed by atoms with van der Waals surface area (Å²) in [7, 11) is 0. The lowest BCUT2D eigenvalue weighted by molar-refractivity contribution is 0.0681. The van der Waals surface area contributed by atoms with Gasteiger partial charge < -0.3 is 15.7 Å². The number of aromatic hydroxyl groups is 1. The largest absolute Gasteiger partial charge is 0.503 e. The summed E-state index contributed by atoms with van der Waals surface area (Å²) >= 11 is 0. The van der Waals surface area contributed by atoms with E-state index in [-0.39, 0.29) is 0 Å². The molecule has 1 heterocycles. The highest BCUT2D eigenvalue weighted by molar-refractivity contribution is 5.95. The van der Waals surface area contributed by atoms with Gasteiger partial charge >= 0.3 is 0 Å². The molecule has 0 aliphatic carbocycles. The first-order valence-corrected chi connectivity index (χ1v) is 6.81. The zero-order valence-corrected chi connectivity index (χ0v) is 11.4. The van der Waals surface area contributed by atoms with Crippen molar-refractivity contribution in [1.82, 2.24) is 4.90 Å². The number of halogens is 3. The number of nitrogens with two attached hydrogens (primary N) is 1. The monoisotopic (exact) mass is 302 g/mol. The molecule has 3 N–H and O–H groups in total. The molecule has 7 heteroatoms. The van der Waals surface area contributed by atoms with Crippen LogP contribution in [0.3, 0.4) is 0 Å². The minimum absolute atomic E-state index is 0.405. The number of piperidine rings is 1. The first-order valence-electron chi connectivity index (χ1n) is 6.81. The molecule has 2 rings (SSSR count). The second kappa shape index (κ2) is 6.34. The third-order valence-electron chi connectivity index (χ3n) is 3.84. The molecule has 0 bridgehead atoms. The zero-order valence-electron chi connectivity index (χ0n) is 11.4. The number of carbonyl (C=O) groups excluding carboxylic acids is 1. The van der Waals surface area contributed by atoms with E-state index in [1.807, 2.05) is 0 Å². The Morgan fingerprint density at radius 1 is 1.29 bits per heavy atom. The Morgan fingerprint density at radius 3 is 2.48 bits per heavy atom. The second-order valence-corrected chi connectivity index (χ2v) is 5.20. The van der Waals surface area contributed by atoms with Crippen LogP contribution < -0.4 is 5.73 Å². The van der Waals surface area contributed by atoms with Crippen molar-refractivity contribution in [2.45, 2.75) is 19.3 Å². The van der Waals surface area contributed by atoms with Gasteiger partial charge in [0.1, 0.15) is 0 Å². The van der Waals surface area contributed by atoms with Gasteiger partial charge in [-0.1, -0.05) is 0 Å². The summed E-state index contributed by atoms with van der Waals surface area (Å²) in [6.45, 7) is 1.38. The van der Waals surface area contributed by atoms with Gasteiger partial charge in [-0.3, -0.25) is 4.79 Å². The molecule has 1 aliphatic rings. The van der Waals surface area contributed by atoms with Gasteiger partial charge in [0.15, 0.2) is 17.4 Å². The van der Waals surface area contributed by atoms with Gasteiger partial charge in [-0.2, -0.15) is 4.39 Å². The summed E-state index contributed by atoms with van der Waals surface area (Å²) < 4.78 is 40.0. The smallest absolute Gasteiger partial charge is 0.257 e. The van der Waals surface area contributed by atoms with Crippen molar-refractivity contribution in [2.24, 2.45) is 11.7 Å². The number of carbonyl (C=O) groups is 1. The van der Waals surface area contributed by atoms with Gasteiger partial charge in [-0.05, 0) is 37.8 Å². The van der Waals surface area contributed by atoms with E-state index < -0.39 is 34.7 Å². The van der Waals surface area contributed by atoms with E-state index in [9.17, 15) is 18.0 Å². The molecule has 21 heavy (non-hydrogen) atoms. The minimum atomic E-state index is -1.69. The summed E-state index contributed by atoms with van der Waals surface area (Å²) in [6, 6.07) is 0.485. The van der Waals surface area contributed by atoms with Crippen LogP contribution >= 0.6 is 0 Å². The lowest BCUT2D eigenvalue weighted by Crippen LogP contribution is -2.39. The second-order valence-electron chi connectivity index (χ2n) is 5.20. The quantitative estimate of drug-likeness (QED) is 0.839. The fourth-order valence-corrected chi connectivity index (χ4v) is 2.58. The van der Waals surface area contributed by atoms with E-state index in [2.05, 4.69) is 0 Å². The standard InChI is InChI=1S/C14H17F3N2O2/c15-10-7-9(11(16)13(20)12(10)17)14(21)19-5-2-8(1-4-18)3-6-19/h7-8,20H,1-6,18H2. The molecule has 0 radical (unpaired) electrons. The predicted octanol–water partition coefficient (Wildman–Crippen LogP) is 2.01. The van der Waals surface area contributed by atoms with Crippen LogP contribution in [0, 0.1) is 23.4 Å². The van der Waals surface area contributed by atoms with Crippen LogP contribution in [0.1, 0.15) is 29.6 Å². The number of hydrogen-bond donors (Lipinski definition) is 2. The summed E-state index contributed by atoms with van der Waals surface area (Å²) in [4.78, 5) is 13.5. The zero-order chi connectivity index (χ0) is 15.6. The van der Waals surface area contributed by atoms with Gasteiger partial charge in [0, 0.05) is 13.1 Å². The Labute approximate surface area is 120 Å². The Hall–Kier alpha value is -1.76. The number of phenols is 1. The van der Waals surface area contributed by atoms with Crippen LogP contribution in [0.25, 0.3) is 0 Å². The van der Waals surface area contributed by atoms with Crippen LogP contribution in [-0.4, -0.2) is 35.5 Å². The highest BCUT2D eigenvalue weighted by Crippen LogP contribution is 2.28. The van der Waals surface area contributed by atoms with Crippen LogP contribution in [0.4, 0.5) is 13.2 Å². The fourth-order valence-electron chi connectivity index (χ4n) is 2.58. The van der Waals surface area contributed by atoms with Crippen LogP contribution in [0.15, 0.2) is 6.07 Å². The number of hydrogen-bond acceptors (Lipinski definition) is 3. The van der Waals surface area contributed by atoms with Crippen molar-refractivity contribution in [3.63, 3.8) is 0 Å². The van der Waals surface area contributed by atoms with Gasteiger partial charge in [0.05, 0.1) is 5.56 Å². The number of phenolic OH excluding ortho intramolecular Hbond substituents is 1. The maximum atomic E-state index is 13.7. The highest BCUT2D eigenvalue weighted by Gasteiger charge is 2.28. The molecule has 116 valence electrons. The summed E-state index contributed by atoms with van der Waals surface area (Å²) in [5, 5.41) is 9.15. The van der Waals surface area contributed by atoms with Crippen LogP contribution in [-0.2, 0) is 0 Å². The molecule has 1 aromatic rings. The van der Waals surface area contributed by atoms with Crippen molar-refractivity contribution in [2.75, 3.05) is 19.6 Å². The SMILES string of the molecule is NCCC1CCN(C(=O)c2cc(F)c(F)c(O)c2F)CC1. The molecule has 0 saturated carbocycles. The molecular formula is C14H17F3N2O2. The van der Waals surface area contributed by atoms with Crippen molar-refractivity contribution >= 4 is 5.91 Å². The summed E-state index contributed by atoms with van der Waals surface area (Å²) in [5.74, 6) is -6.35. The van der Waals surface area contributed by atoms with E-state index in [1.165, 1.54) is 4.90 Å². The molecule has 0 unspecified atom stereocenters. The van der Waals surface area contributed by atoms with E-state index >= 15 is 0 Å². The third kappa shape index (κ3) is 3.12. The van der Waals surface area contributed by atoms with Gasteiger partial charge in [0.25, 0.3) is 5.91 Å². The van der Waals surface area contributed by atoms with Crippen molar-refractivity contribution in [3.05, 3.63) is 29.1 Å². The molecular weight excluding hydrogens is 285 g/mol. The predicted molar refractivity (Wildman–Crippen MR) is 70.3 cm³/mol. The van der Waals surface area contributed by atoms with Gasteiger partial charge in [-0.15, -0.1) is 0 Å². The normalized spacial score (nSPS) is 16.3. The molecule has 1 aromatic carbocycles. The molecule has 4 nitrogen and oxygen atoms in total. The maximum absolute atomic E-state index is 13.7.